The molecule has 0 bridgehead atoms. The highest BCUT2D eigenvalue weighted by Gasteiger charge is 2.35. The number of nitrogens with zero attached hydrogens (tertiary/aromatic N) is 3. The van der Waals surface area contributed by atoms with Gasteiger partial charge in [0.15, 0.2) is 5.96 Å². The molecule has 174 valence electrons. The van der Waals surface area contributed by atoms with Crippen molar-refractivity contribution in [2.45, 2.75) is 18.3 Å². The Hall–Kier alpha value is -1.94. The molecular weight excluding hydrogens is 525 g/mol. The van der Waals surface area contributed by atoms with Crippen molar-refractivity contribution in [3.63, 3.8) is 0 Å². The van der Waals surface area contributed by atoms with Crippen molar-refractivity contribution < 1.29 is 13.5 Å². The predicted octanol–water partition coefficient (Wildman–Crippen LogP) is 4.03. The van der Waals surface area contributed by atoms with Gasteiger partial charge in [0.05, 0.1) is 0 Å². The molecule has 2 aromatic carbocycles. The Morgan fingerprint density at radius 2 is 1.50 bits per heavy atom. The van der Waals surface area contributed by atoms with E-state index < -0.39 is 0 Å². The molecule has 0 amide bonds. The maximum absolute atomic E-state index is 13.5. The minimum absolute atomic E-state index is 0. The fraction of sp³-hybridized carbons (Fsp3) is 0.458. The topological polar surface area (TPSA) is 40.1 Å². The molecule has 2 heterocycles. The Kier molecular flexibility index (Phi) is 8.70. The quantitative estimate of drug-likeness (QED) is 0.351. The number of hydrogen-bond acceptors (Lipinski definition) is 3. The third-order valence-electron chi connectivity index (χ3n) is 6.47. The van der Waals surface area contributed by atoms with Crippen molar-refractivity contribution in [2.24, 2.45) is 4.99 Å². The number of ether oxygens (including phenoxy) is 1. The van der Waals surface area contributed by atoms with Crippen molar-refractivity contribution in [3.05, 3.63) is 65.7 Å². The van der Waals surface area contributed by atoms with Crippen LogP contribution in [0.4, 0.5) is 14.5 Å². The molecule has 2 saturated heterocycles. The number of piperazine rings is 1. The van der Waals surface area contributed by atoms with Crippen LogP contribution in [0.3, 0.4) is 0 Å². The fourth-order valence-electron chi connectivity index (χ4n) is 4.54. The Morgan fingerprint density at radius 3 is 2.06 bits per heavy atom. The van der Waals surface area contributed by atoms with Gasteiger partial charge >= 0.3 is 0 Å². The van der Waals surface area contributed by atoms with Crippen molar-refractivity contribution in [1.82, 2.24) is 10.2 Å². The molecule has 0 spiro atoms. The Morgan fingerprint density at radius 1 is 0.938 bits per heavy atom. The van der Waals surface area contributed by atoms with Crippen LogP contribution in [-0.2, 0) is 10.2 Å². The van der Waals surface area contributed by atoms with E-state index in [-0.39, 0.29) is 41.0 Å². The van der Waals surface area contributed by atoms with E-state index in [2.05, 4.69) is 20.1 Å². The van der Waals surface area contributed by atoms with E-state index >= 15 is 0 Å². The zero-order valence-electron chi connectivity index (χ0n) is 18.4. The highest BCUT2D eigenvalue weighted by atomic mass is 127. The number of nitrogens with one attached hydrogen (secondary N) is 1. The van der Waals surface area contributed by atoms with Crippen LogP contribution < -0.4 is 10.2 Å². The van der Waals surface area contributed by atoms with E-state index in [4.69, 9.17) is 4.74 Å². The number of aliphatic imine (C=N–C) groups is 1. The number of guanidine groups is 1. The molecule has 4 rings (SSSR count). The summed E-state index contributed by atoms with van der Waals surface area (Å²) in [6.45, 7) is 5.51. The van der Waals surface area contributed by atoms with Gasteiger partial charge in [0.1, 0.15) is 11.6 Å². The van der Waals surface area contributed by atoms with Crippen LogP contribution >= 0.6 is 24.0 Å². The summed E-state index contributed by atoms with van der Waals surface area (Å²) < 4.78 is 32.3. The average molecular weight is 556 g/mol. The van der Waals surface area contributed by atoms with E-state index in [1.54, 1.807) is 0 Å². The summed E-state index contributed by atoms with van der Waals surface area (Å²) in [5, 5.41) is 3.58. The first-order chi connectivity index (χ1) is 15.1. The summed E-state index contributed by atoms with van der Waals surface area (Å²) in [4.78, 5) is 9.04. The van der Waals surface area contributed by atoms with Gasteiger partial charge in [-0.3, -0.25) is 4.99 Å². The van der Waals surface area contributed by atoms with Crippen LogP contribution in [0.5, 0.6) is 0 Å². The molecule has 32 heavy (non-hydrogen) atoms. The largest absolute Gasteiger partial charge is 0.381 e. The van der Waals surface area contributed by atoms with Gasteiger partial charge in [-0.15, -0.1) is 24.0 Å². The van der Waals surface area contributed by atoms with Crippen molar-refractivity contribution in [1.29, 1.82) is 0 Å². The van der Waals surface area contributed by atoms with Gasteiger partial charge in [0.25, 0.3) is 0 Å². The normalized spacial score (nSPS) is 18.8. The summed E-state index contributed by atoms with van der Waals surface area (Å²) >= 11 is 0. The minimum Gasteiger partial charge on any atom is -0.381 e. The van der Waals surface area contributed by atoms with E-state index in [0.29, 0.717) is 13.2 Å². The Bertz CT molecular complexity index is 878. The Labute approximate surface area is 205 Å². The van der Waals surface area contributed by atoms with Gasteiger partial charge in [-0.25, -0.2) is 8.78 Å². The van der Waals surface area contributed by atoms with Gasteiger partial charge in [-0.05, 0) is 54.8 Å². The maximum Gasteiger partial charge on any atom is 0.193 e. The first-order valence-electron chi connectivity index (χ1n) is 10.9. The molecule has 2 aromatic rings. The monoisotopic (exact) mass is 556 g/mol. The maximum atomic E-state index is 13.5. The zero-order chi connectivity index (χ0) is 21.7. The van der Waals surface area contributed by atoms with Crippen LogP contribution in [0.15, 0.2) is 53.5 Å². The molecule has 0 saturated carbocycles. The summed E-state index contributed by atoms with van der Waals surface area (Å²) in [5.74, 6) is 0.454. The third kappa shape index (κ3) is 5.70. The van der Waals surface area contributed by atoms with Gasteiger partial charge < -0.3 is 19.9 Å². The SMILES string of the molecule is CN=C(NCC1(c2ccc(F)cc2)CCOCC1)N1CCN(c2ccc(F)cc2)CC1.I. The van der Waals surface area contributed by atoms with Crippen LogP contribution in [0.1, 0.15) is 18.4 Å². The first kappa shape index (κ1) is 24.7. The van der Waals surface area contributed by atoms with Gasteiger partial charge in [-0.2, -0.15) is 0 Å². The number of rotatable bonds is 4. The molecule has 8 heteroatoms. The molecule has 0 aromatic heterocycles. The smallest absolute Gasteiger partial charge is 0.193 e. The number of benzene rings is 2. The minimum atomic E-state index is -0.214. The summed E-state index contributed by atoms with van der Waals surface area (Å²) in [7, 11) is 1.81. The van der Waals surface area contributed by atoms with Crippen LogP contribution in [0.2, 0.25) is 0 Å². The molecule has 2 aliphatic heterocycles. The van der Waals surface area contributed by atoms with E-state index in [1.165, 1.54) is 24.3 Å². The van der Waals surface area contributed by atoms with E-state index in [0.717, 1.165) is 62.8 Å². The second-order valence-corrected chi connectivity index (χ2v) is 8.25. The van der Waals surface area contributed by atoms with Gasteiger partial charge in [-0.1, -0.05) is 12.1 Å². The summed E-state index contributed by atoms with van der Waals surface area (Å²) in [6.07, 6.45) is 1.78. The predicted molar refractivity (Wildman–Crippen MR) is 135 cm³/mol. The Balaban J connectivity index is 0.00000289. The van der Waals surface area contributed by atoms with Crippen molar-refractivity contribution >= 4 is 35.6 Å². The number of anilines is 1. The zero-order valence-corrected chi connectivity index (χ0v) is 20.7. The molecule has 2 fully saturated rings. The lowest BCUT2D eigenvalue weighted by molar-refractivity contribution is 0.0511. The molecular formula is C24H31F2IN4O. The van der Waals surface area contributed by atoms with Crippen LogP contribution in [-0.4, -0.2) is 63.8 Å². The highest BCUT2D eigenvalue weighted by molar-refractivity contribution is 14.0. The van der Waals surface area contributed by atoms with Crippen LogP contribution in [0.25, 0.3) is 0 Å². The summed E-state index contributed by atoms with van der Waals surface area (Å²) in [6, 6.07) is 13.5. The lowest BCUT2D eigenvalue weighted by atomic mass is 9.74. The first-order valence-corrected chi connectivity index (χ1v) is 10.9. The number of halogens is 3. The summed E-state index contributed by atoms with van der Waals surface area (Å²) in [5.41, 5.74) is 2.08. The number of hydrogen-bond donors (Lipinski definition) is 1. The van der Waals surface area contributed by atoms with Gasteiger partial charge in [0.2, 0.25) is 0 Å². The second-order valence-electron chi connectivity index (χ2n) is 8.25. The molecule has 5 nitrogen and oxygen atoms in total. The molecule has 0 unspecified atom stereocenters. The van der Waals surface area contributed by atoms with E-state index in [9.17, 15) is 8.78 Å². The van der Waals surface area contributed by atoms with Crippen molar-refractivity contribution in [2.75, 3.05) is 57.9 Å². The molecule has 1 N–H and O–H groups in total. The third-order valence-corrected chi connectivity index (χ3v) is 6.47. The molecule has 2 aliphatic rings. The lowest BCUT2D eigenvalue weighted by Crippen LogP contribution is -2.55. The standard InChI is InChI=1S/C24H30F2N4O.HI/c1-27-23(30-14-12-29(13-15-30)22-8-6-21(26)7-9-22)28-18-24(10-16-31-17-11-24)19-2-4-20(25)5-3-19;/h2-9H,10-18H2,1H3,(H,27,28);1H. The van der Waals surface area contributed by atoms with Crippen LogP contribution in [0, 0.1) is 11.6 Å². The molecule has 0 radical (unpaired) electrons. The van der Waals surface area contributed by atoms with E-state index in [1.807, 2.05) is 31.3 Å². The molecule has 0 aliphatic carbocycles. The van der Waals surface area contributed by atoms with Crippen molar-refractivity contribution in [3.8, 4) is 0 Å². The average Bonchev–Trinajstić information content (AvgIpc) is 2.81. The second kappa shape index (κ2) is 11.3. The fourth-order valence-corrected chi connectivity index (χ4v) is 4.54. The van der Waals surface area contributed by atoms with Gasteiger partial charge in [0, 0.05) is 64.1 Å². The highest BCUT2D eigenvalue weighted by Crippen LogP contribution is 2.34. The lowest BCUT2D eigenvalue weighted by Gasteiger charge is -2.41. The molecule has 0 atom stereocenters.